The highest BCUT2D eigenvalue weighted by Crippen LogP contribution is 2.33. The van der Waals surface area contributed by atoms with Gasteiger partial charge in [0.2, 0.25) is 15.9 Å². The number of anilines is 1. The van der Waals surface area contributed by atoms with Gasteiger partial charge in [-0.25, -0.2) is 18.5 Å². The molecule has 0 spiro atoms. The molecule has 34 heavy (non-hydrogen) atoms. The molecule has 0 aliphatic carbocycles. The molecule has 0 atom stereocenters. The van der Waals surface area contributed by atoms with Crippen LogP contribution in [0.3, 0.4) is 0 Å². The number of nitrogens with one attached hydrogen (secondary N) is 1. The van der Waals surface area contributed by atoms with Crippen LogP contribution in [-0.4, -0.2) is 25.2 Å². The first-order valence-electron chi connectivity index (χ1n) is 9.73. The topological polar surface area (TPSA) is 145 Å². The van der Waals surface area contributed by atoms with Gasteiger partial charge < -0.3 is 11.1 Å². The summed E-state index contributed by atoms with van der Waals surface area (Å²) in [5.41, 5.74) is 8.03. The fourth-order valence-electron chi connectivity index (χ4n) is 3.34. The van der Waals surface area contributed by atoms with E-state index in [1.165, 1.54) is 6.07 Å². The fourth-order valence-corrected chi connectivity index (χ4v) is 5.12. The molecule has 4 aromatic rings. The molecule has 1 heterocycles. The summed E-state index contributed by atoms with van der Waals surface area (Å²) in [5, 5.41) is 8.10. The third-order valence-corrected chi connectivity index (χ3v) is 7.00. The van der Waals surface area contributed by atoms with Crippen LogP contribution in [0.25, 0.3) is 22.4 Å². The smallest absolute Gasteiger partial charge is 0.268 e. The van der Waals surface area contributed by atoms with E-state index in [4.69, 9.17) is 22.5 Å². The quantitative estimate of drug-likeness (QED) is 0.355. The van der Waals surface area contributed by atoms with Crippen molar-refractivity contribution in [3.05, 3.63) is 87.7 Å². The number of carbonyl (C=O) groups is 2. The van der Waals surface area contributed by atoms with Crippen molar-refractivity contribution in [1.82, 2.24) is 4.98 Å². The number of sulfonamides is 1. The Balaban J connectivity index is 1.61. The molecule has 0 saturated carbocycles. The summed E-state index contributed by atoms with van der Waals surface area (Å²) >= 11 is 7.08. The van der Waals surface area contributed by atoms with Crippen LogP contribution in [0.1, 0.15) is 20.0 Å². The van der Waals surface area contributed by atoms with Crippen molar-refractivity contribution in [2.75, 3.05) is 5.32 Å². The Kier molecular flexibility index (Phi) is 6.49. The van der Waals surface area contributed by atoms with Gasteiger partial charge in [-0.3, -0.25) is 9.59 Å². The van der Waals surface area contributed by atoms with E-state index in [-0.39, 0.29) is 19.8 Å². The fraction of sp³-hybridized carbons (Fsp3) is 0. The summed E-state index contributed by atoms with van der Waals surface area (Å²) in [6, 6.07) is 19.5. The second kappa shape index (κ2) is 9.35. The van der Waals surface area contributed by atoms with Crippen molar-refractivity contribution < 1.29 is 18.0 Å². The molecule has 0 saturated heterocycles. The predicted octanol–water partition coefficient (Wildman–Crippen LogP) is 4.13. The number of carbonyl (C=O) groups excluding carboxylic acids is 2. The van der Waals surface area contributed by atoms with E-state index in [9.17, 15) is 18.0 Å². The summed E-state index contributed by atoms with van der Waals surface area (Å²) in [4.78, 5) is 29.0. The van der Waals surface area contributed by atoms with E-state index in [0.717, 1.165) is 11.3 Å². The number of aromatic nitrogens is 1. The SMILES string of the molecule is NC(=O)c1cccc(-c2nc(Cl)sc2C(=O)Nc2ccc(-c3ccccc3S(N)(=O)=O)cc2)c1. The maximum absolute atomic E-state index is 13.0. The number of nitrogens with two attached hydrogens (primary N) is 2. The Hall–Kier alpha value is -3.57. The Morgan fingerprint density at radius 2 is 1.65 bits per heavy atom. The van der Waals surface area contributed by atoms with Gasteiger partial charge >= 0.3 is 0 Å². The van der Waals surface area contributed by atoms with Gasteiger partial charge in [0.1, 0.15) is 4.88 Å². The van der Waals surface area contributed by atoms with Crippen LogP contribution in [0.2, 0.25) is 4.47 Å². The molecule has 0 fully saturated rings. The van der Waals surface area contributed by atoms with Crippen LogP contribution in [0.4, 0.5) is 5.69 Å². The normalized spacial score (nSPS) is 11.2. The number of hydrogen-bond acceptors (Lipinski definition) is 6. The van der Waals surface area contributed by atoms with Crippen LogP contribution >= 0.6 is 22.9 Å². The molecular formula is C23H17ClN4O4S2. The number of halogens is 1. The van der Waals surface area contributed by atoms with E-state index < -0.39 is 21.8 Å². The second-order valence-corrected chi connectivity index (χ2v) is 10.3. The molecule has 0 aliphatic heterocycles. The zero-order valence-corrected chi connectivity index (χ0v) is 19.7. The number of nitrogens with zero attached hydrogens (tertiary/aromatic N) is 1. The summed E-state index contributed by atoms with van der Waals surface area (Å²) < 4.78 is 23.9. The first-order chi connectivity index (χ1) is 16.1. The first-order valence-corrected chi connectivity index (χ1v) is 12.5. The summed E-state index contributed by atoms with van der Waals surface area (Å²) in [6.45, 7) is 0. The maximum Gasteiger partial charge on any atom is 0.268 e. The third kappa shape index (κ3) is 5.00. The maximum atomic E-state index is 13.0. The highest BCUT2D eigenvalue weighted by molar-refractivity contribution is 7.89. The van der Waals surface area contributed by atoms with Gasteiger partial charge in [-0.05, 0) is 35.9 Å². The number of hydrogen-bond donors (Lipinski definition) is 3. The number of thiazole rings is 1. The summed E-state index contributed by atoms with van der Waals surface area (Å²) in [5.74, 6) is -1.04. The van der Waals surface area contributed by atoms with Crippen molar-refractivity contribution in [3.8, 4) is 22.4 Å². The minimum atomic E-state index is -3.90. The van der Waals surface area contributed by atoms with E-state index in [0.29, 0.717) is 28.1 Å². The van der Waals surface area contributed by atoms with E-state index in [2.05, 4.69) is 10.3 Å². The second-order valence-electron chi connectivity index (χ2n) is 7.16. The Labute approximate surface area is 204 Å². The van der Waals surface area contributed by atoms with Gasteiger partial charge in [0, 0.05) is 22.4 Å². The highest BCUT2D eigenvalue weighted by atomic mass is 35.5. The minimum absolute atomic E-state index is 0.00826. The van der Waals surface area contributed by atoms with Gasteiger partial charge in [0.15, 0.2) is 4.47 Å². The first kappa shape index (κ1) is 23.6. The van der Waals surface area contributed by atoms with Gasteiger partial charge in [0.25, 0.3) is 5.91 Å². The third-order valence-electron chi connectivity index (χ3n) is 4.88. The number of rotatable bonds is 6. The lowest BCUT2D eigenvalue weighted by molar-refractivity contribution is 0.0998. The molecule has 2 amide bonds. The molecule has 5 N–H and O–H groups in total. The van der Waals surface area contributed by atoms with Gasteiger partial charge in [0.05, 0.1) is 10.6 Å². The summed E-state index contributed by atoms with van der Waals surface area (Å²) in [7, 11) is -3.90. The van der Waals surface area contributed by atoms with Crippen LogP contribution in [0.5, 0.6) is 0 Å². The van der Waals surface area contributed by atoms with Crippen molar-refractivity contribution in [1.29, 1.82) is 0 Å². The lowest BCUT2D eigenvalue weighted by Crippen LogP contribution is -2.13. The molecule has 172 valence electrons. The average molecular weight is 513 g/mol. The zero-order valence-electron chi connectivity index (χ0n) is 17.4. The van der Waals surface area contributed by atoms with Crippen LogP contribution in [0.15, 0.2) is 77.7 Å². The number of amides is 2. The molecule has 3 aromatic carbocycles. The van der Waals surface area contributed by atoms with Crippen molar-refractivity contribution in [2.45, 2.75) is 4.90 Å². The van der Waals surface area contributed by atoms with E-state index in [1.807, 2.05) is 0 Å². The molecule has 1 aromatic heterocycles. The lowest BCUT2D eigenvalue weighted by atomic mass is 10.1. The van der Waals surface area contributed by atoms with Gasteiger partial charge in [-0.1, -0.05) is 65.4 Å². The Morgan fingerprint density at radius 1 is 0.941 bits per heavy atom. The number of benzene rings is 3. The standard InChI is InChI=1S/C23H17ClN4O4S2/c24-23-28-19(14-4-3-5-15(12-14)21(25)29)20(33-23)22(30)27-16-10-8-13(9-11-16)17-6-1-2-7-18(17)34(26,31)32/h1-12H,(H2,25,29)(H,27,30)(H2,26,31,32). The molecule has 0 radical (unpaired) electrons. The molecule has 8 nitrogen and oxygen atoms in total. The minimum Gasteiger partial charge on any atom is -0.366 e. The highest BCUT2D eigenvalue weighted by Gasteiger charge is 2.20. The van der Waals surface area contributed by atoms with Crippen molar-refractivity contribution in [2.24, 2.45) is 10.9 Å². The molecule has 4 rings (SSSR count). The molecule has 11 heteroatoms. The van der Waals surface area contributed by atoms with Crippen LogP contribution in [0, 0.1) is 0 Å². The van der Waals surface area contributed by atoms with Crippen molar-refractivity contribution >= 4 is 50.5 Å². The van der Waals surface area contributed by atoms with Gasteiger partial charge in [-0.2, -0.15) is 0 Å². The van der Waals surface area contributed by atoms with Gasteiger partial charge in [-0.15, -0.1) is 0 Å². The molecule has 0 aliphatic rings. The summed E-state index contributed by atoms with van der Waals surface area (Å²) in [6.07, 6.45) is 0. The van der Waals surface area contributed by atoms with Crippen LogP contribution < -0.4 is 16.2 Å². The Bertz CT molecular complexity index is 1520. The number of primary sulfonamides is 1. The van der Waals surface area contributed by atoms with E-state index in [1.54, 1.807) is 66.7 Å². The zero-order chi connectivity index (χ0) is 24.5. The number of primary amides is 1. The molecular weight excluding hydrogens is 496 g/mol. The largest absolute Gasteiger partial charge is 0.366 e. The van der Waals surface area contributed by atoms with E-state index >= 15 is 0 Å². The monoisotopic (exact) mass is 512 g/mol. The van der Waals surface area contributed by atoms with Crippen molar-refractivity contribution in [3.63, 3.8) is 0 Å². The lowest BCUT2D eigenvalue weighted by Gasteiger charge is -2.10. The Morgan fingerprint density at radius 3 is 2.32 bits per heavy atom. The predicted molar refractivity (Wildman–Crippen MR) is 132 cm³/mol. The average Bonchev–Trinajstić information content (AvgIpc) is 3.21. The molecule has 0 bridgehead atoms. The van der Waals surface area contributed by atoms with Crippen LogP contribution in [-0.2, 0) is 10.0 Å². The molecule has 0 unspecified atom stereocenters.